The minimum absolute atomic E-state index is 0.118. The maximum atomic E-state index is 12.6. The van der Waals surface area contributed by atoms with Crippen LogP contribution in [0.1, 0.15) is 29.7 Å². The molecule has 0 atom stereocenters. The van der Waals surface area contributed by atoms with Crippen molar-refractivity contribution in [3.05, 3.63) is 16.8 Å². The van der Waals surface area contributed by atoms with Gasteiger partial charge in [0.25, 0.3) is 0 Å². The van der Waals surface area contributed by atoms with E-state index in [4.69, 9.17) is 0 Å². The number of nitrogens with zero attached hydrogens (tertiary/aromatic N) is 4. The zero-order chi connectivity index (χ0) is 19.0. The molecule has 3 heterocycles. The van der Waals surface area contributed by atoms with E-state index < -0.39 is 0 Å². The van der Waals surface area contributed by atoms with Gasteiger partial charge < -0.3 is 9.80 Å². The van der Waals surface area contributed by atoms with Gasteiger partial charge in [-0.25, -0.2) is 9.97 Å². The van der Waals surface area contributed by atoms with Crippen LogP contribution < -0.4 is 0 Å². The molecule has 0 N–H and O–H groups in total. The summed E-state index contributed by atoms with van der Waals surface area (Å²) in [5.74, 6) is 1.01. The van der Waals surface area contributed by atoms with E-state index in [-0.39, 0.29) is 17.7 Å². The number of carbonyl (C=O) groups excluding carboxylic acids is 2. The van der Waals surface area contributed by atoms with E-state index in [1.165, 1.54) is 28.6 Å². The summed E-state index contributed by atoms with van der Waals surface area (Å²) in [7, 11) is 0. The molecule has 8 heteroatoms. The highest BCUT2D eigenvalue weighted by Gasteiger charge is 2.32. The molecule has 2 aliphatic rings. The summed E-state index contributed by atoms with van der Waals surface area (Å²) in [6.07, 6.45) is 4.81. The van der Waals surface area contributed by atoms with E-state index in [9.17, 15) is 9.59 Å². The Balaban J connectivity index is 1.33. The van der Waals surface area contributed by atoms with Crippen molar-refractivity contribution < 1.29 is 9.59 Å². The molecule has 0 bridgehead atoms. The van der Waals surface area contributed by atoms with Crippen molar-refractivity contribution in [3.8, 4) is 0 Å². The monoisotopic (exact) mass is 404 g/mol. The highest BCUT2D eigenvalue weighted by Crippen LogP contribution is 2.34. The van der Waals surface area contributed by atoms with Crippen molar-refractivity contribution in [1.82, 2.24) is 19.8 Å². The van der Waals surface area contributed by atoms with Crippen LogP contribution in [0.2, 0.25) is 0 Å². The molecule has 4 rings (SSSR count). The van der Waals surface area contributed by atoms with Crippen molar-refractivity contribution in [2.75, 3.05) is 31.9 Å². The highest BCUT2D eigenvalue weighted by molar-refractivity contribution is 8.00. The Morgan fingerprint density at radius 2 is 1.85 bits per heavy atom. The minimum Gasteiger partial charge on any atom is -0.339 e. The quantitative estimate of drug-likeness (QED) is 0.579. The van der Waals surface area contributed by atoms with Gasteiger partial charge in [0.2, 0.25) is 11.8 Å². The molecule has 2 aromatic rings. The molecule has 1 saturated heterocycles. The van der Waals surface area contributed by atoms with Gasteiger partial charge in [-0.15, -0.1) is 11.3 Å². The number of thioether (sulfide) groups is 1. The first-order chi connectivity index (χ1) is 13.0. The van der Waals surface area contributed by atoms with E-state index in [0.29, 0.717) is 31.9 Å². The lowest BCUT2D eigenvalue weighted by molar-refractivity contribution is -0.143. The summed E-state index contributed by atoms with van der Waals surface area (Å²) >= 11 is 3.16. The van der Waals surface area contributed by atoms with E-state index >= 15 is 0 Å². The van der Waals surface area contributed by atoms with Crippen LogP contribution in [0, 0.1) is 19.8 Å². The van der Waals surface area contributed by atoms with Gasteiger partial charge in [-0.3, -0.25) is 9.59 Å². The SMILES string of the molecule is Cc1sc2ncnc(SCC(=O)N3CCN(C(=O)C4CCC4)CC3)c2c1C. The number of carbonyl (C=O) groups is 2. The number of hydrogen-bond acceptors (Lipinski definition) is 6. The van der Waals surface area contributed by atoms with Gasteiger partial charge in [0.05, 0.1) is 5.75 Å². The second-order valence-electron chi connectivity index (χ2n) is 7.26. The lowest BCUT2D eigenvalue weighted by atomic mass is 9.84. The molecule has 27 heavy (non-hydrogen) atoms. The molecular weight excluding hydrogens is 380 g/mol. The Bertz CT molecular complexity index is 870. The van der Waals surface area contributed by atoms with Crippen LogP contribution in [0.3, 0.4) is 0 Å². The molecule has 2 fully saturated rings. The average Bonchev–Trinajstić information content (AvgIpc) is 2.93. The van der Waals surface area contributed by atoms with Gasteiger partial charge in [0.15, 0.2) is 0 Å². The third-order valence-electron chi connectivity index (χ3n) is 5.66. The largest absolute Gasteiger partial charge is 0.339 e. The Morgan fingerprint density at radius 1 is 1.15 bits per heavy atom. The molecule has 1 saturated carbocycles. The predicted molar refractivity (Wildman–Crippen MR) is 108 cm³/mol. The van der Waals surface area contributed by atoms with E-state index in [1.54, 1.807) is 17.7 Å². The molecule has 0 aromatic carbocycles. The van der Waals surface area contributed by atoms with E-state index in [0.717, 1.165) is 28.1 Å². The van der Waals surface area contributed by atoms with Gasteiger partial charge in [-0.05, 0) is 32.3 Å². The average molecular weight is 405 g/mol. The van der Waals surface area contributed by atoms with Crippen LogP contribution in [-0.4, -0.2) is 63.5 Å². The molecule has 2 aromatic heterocycles. The normalized spacial score (nSPS) is 18.0. The van der Waals surface area contributed by atoms with Crippen LogP contribution in [0.15, 0.2) is 11.4 Å². The Labute approximate surface area is 167 Å². The van der Waals surface area contributed by atoms with Crippen molar-refractivity contribution >= 4 is 45.1 Å². The number of aryl methyl sites for hydroxylation is 2. The second-order valence-corrected chi connectivity index (χ2v) is 9.43. The number of amides is 2. The fourth-order valence-corrected chi connectivity index (χ4v) is 5.59. The molecule has 0 unspecified atom stereocenters. The molecule has 1 aliphatic heterocycles. The number of thiophene rings is 1. The van der Waals surface area contributed by atoms with E-state index in [2.05, 4.69) is 23.8 Å². The Kier molecular flexibility index (Phi) is 5.36. The number of hydrogen-bond donors (Lipinski definition) is 0. The molecule has 0 radical (unpaired) electrons. The zero-order valence-corrected chi connectivity index (χ0v) is 17.4. The maximum absolute atomic E-state index is 12.6. The molecule has 2 amide bonds. The zero-order valence-electron chi connectivity index (χ0n) is 15.7. The number of rotatable bonds is 4. The molecule has 144 valence electrons. The van der Waals surface area contributed by atoms with Crippen molar-refractivity contribution in [2.24, 2.45) is 5.92 Å². The minimum atomic E-state index is 0.118. The maximum Gasteiger partial charge on any atom is 0.233 e. The van der Waals surface area contributed by atoms with Crippen LogP contribution in [0.5, 0.6) is 0 Å². The second kappa shape index (κ2) is 7.75. The van der Waals surface area contributed by atoms with Gasteiger partial charge in [-0.2, -0.15) is 0 Å². The summed E-state index contributed by atoms with van der Waals surface area (Å²) in [4.78, 5) is 39.8. The summed E-state index contributed by atoms with van der Waals surface area (Å²) in [5.41, 5.74) is 1.20. The smallest absolute Gasteiger partial charge is 0.233 e. The topological polar surface area (TPSA) is 66.4 Å². The van der Waals surface area contributed by atoms with Gasteiger partial charge in [0, 0.05) is 42.4 Å². The lowest BCUT2D eigenvalue weighted by Crippen LogP contribution is -2.53. The van der Waals surface area contributed by atoms with Crippen molar-refractivity contribution in [3.63, 3.8) is 0 Å². The first-order valence-corrected chi connectivity index (χ1v) is 11.2. The molecule has 1 aliphatic carbocycles. The standard InChI is InChI=1S/C19H24N4O2S2/c1-12-13(2)27-18-16(12)17(20-11-21-18)26-10-15(24)22-6-8-23(9-7-22)19(25)14-4-3-5-14/h11,14H,3-10H2,1-2H3. The molecule has 6 nitrogen and oxygen atoms in total. The summed E-state index contributed by atoms with van der Waals surface area (Å²) in [6, 6.07) is 0. The van der Waals surface area contributed by atoms with Crippen LogP contribution in [-0.2, 0) is 9.59 Å². The lowest BCUT2D eigenvalue weighted by Gasteiger charge is -2.38. The van der Waals surface area contributed by atoms with Crippen molar-refractivity contribution in [1.29, 1.82) is 0 Å². The third kappa shape index (κ3) is 3.69. The first kappa shape index (κ1) is 18.7. The van der Waals surface area contributed by atoms with Crippen LogP contribution in [0.4, 0.5) is 0 Å². The Morgan fingerprint density at radius 3 is 2.52 bits per heavy atom. The molecular formula is C19H24N4O2S2. The number of piperazine rings is 1. The van der Waals surface area contributed by atoms with Gasteiger partial charge in [0.1, 0.15) is 16.2 Å². The predicted octanol–water partition coefficient (Wildman–Crippen LogP) is 2.87. The summed E-state index contributed by atoms with van der Waals surface area (Å²) in [5, 5.41) is 1.96. The summed E-state index contributed by atoms with van der Waals surface area (Å²) < 4.78 is 0. The highest BCUT2D eigenvalue weighted by atomic mass is 32.2. The third-order valence-corrected chi connectivity index (χ3v) is 7.75. The van der Waals surface area contributed by atoms with Crippen molar-refractivity contribution in [2.45, 2.75) is 38.1 Å². The van der Waals surface area contributed by atoms with Crippen LogP contribution in [0.25, 0.3) is 10.2 Å². The van der Waals surface area contributed by atoms with Gasteiger partial charge >= 0.3 is 0 Å². The first-order valence-electron chi connectivity index (χ1n) is 9.44. The molecule has 0 spiro atoms. The summed E-state index contributed by atoms with van der Waals surface area (Å²) in [6.45, 7) is 6.76. The fourth-order valence-electron chi connectivity index (χ4n) is 3.57. The van der Waals surface area contributed by atoms with Gasteiger partial charge in [-0.1, -0.05) is 18.2 Å². The number of aromatic nitrogens is 2. The fraction of sp³-hybridized carbons (Fsp3) is 0.579. The Hall–Kier alpha value is -1.67. The van der Waals surface area contributed by atoms with Crippen LogP contribution >= 0.6 is 23.1 Å². The van der Waals surface area contributed by atoms with E-state index in [1.807, 2.05) is 9.80 Å². The number of fused-ring (bicyclic) bond motifs is 1.